The molecule has 2 aromatic rings. The quantitative estimate of drug-likeness (QED) is 0.880. The van der Waals surface area contributed by atoms with Crippen molar-refractivity contribution in [1.82, 2.24) is 15.1 Å². The van der Waals surface area contributed by atoms with Gasteiger partial charge in [-0.15, -0.1) is 0 Å². The molecule has 1 N–H and O–H groups in total. The predicted molar refractivity (Wildman–Crippen MR) is 65.1 cm³/mol. The van der Waals surface area contributed by atoms with E-state index in [1.165, 1.54) is 7.05 Å². The highest BCUT2D eigenvalue weighted by Gasteiger charge is 2.34. The molecule has 1 aromatic carbocycles. The Morgan fingerprint density at radius 2 is 1.86 bits per heavy atom. The van der Waals surface area contributed by atoms with Crippen molar-refractivity contribution >= 4 is 0 Å². The highest BCUT2D eigenvalue weighted by Crippen LogP contribution is 2.28. The topological polar surface area (TPSA) is 29.9 Å². The fraction of sp³-hybridized carbons (Fsp3) is 0.308. The first-order valence-electron chi connectivity index (χ1n) is 6.02. The van der Waals surface area contributed by atoms with E-state index in [1.807, 2.05) is 0 Å². The van der Waals surface area contributed by atoms with Gasteiger partial charge in [0.15, 0.2) is 5.69 Å². The first kappa shape index (κ1) is 15.4. The SMILES string of the molecule is Cn1nc(C(F)(F)F)cc1CNCc1cc(F)ccc1F. The molecule has 114 valence electrons. The van der Waals surface area contributed by atoms with Gasteiger partial charge in [-0.3, -0.25) is 4.68 Å². The molecule has 0 aliphatic rings. The minimum atomic E-state index is -4.51. The molecule has 0 spiro atoms. The van der Waals surface area contributed by atoms with Crippen LogP contribution in [0.5, 0.6) is 0 Å². The Morgan fingerprint density at radius 1 is 1.14 bits per heavy atom. The molecule has 0 aliphatic carbocycles. The molecule has 0 unspecified atom stereocenters. The molecule has 0 fully saturated rings. The number of halogens is 5. The average molecular weight is 305 g/mol. The molecule has 3 nitrogen and oxygen atoms in total. The number of hydrogen-bond donors (Lipinski definition) is 1. The summed E-state index contributed by atoms with van der Waals surface area (Å²) in [6.45, 7) is 0.0473. The lowest BCUT2D eigenvalue weighted by atomic mass is 10.2. The summed E-state index contributed by atoms with van der Waals surface area (Å²) < 4.78 is 64.9. The van der Waals surface area contributed by atoms with Gasteiger partial charge in [-0.05, 0) is 24.3 Å². The second-order valence-corrected chi connectivity index (χ2v) is 4.48. The number of nitrogens with one attached hydrogen (secondary N) is 1. The van der Waals surface area contributed by atoms with Gasteiger partial charge >= 0.3 is 6.18 Å². The van der Waals surface area contributed by atoms with E-state index in [2.05, 4.69) is 10.4 Å². The Hall–Kier alpha value is -1.96. The molecule has 0 bridgehead atoms. The fourth-order valence-electron chi connectivity index (χ4n) is 1.81. The third-order valence-electron chi connectivity index (χ3n) is 2.90. The molecule has 1 aromatic heterocycles. The number of alkyl halides is 3. The number of nitrogens with zero attached hydrogens (tertiary/aromatic N) is 2. The van der Waals surface area contributed by atoms with Crippen LogP contribution in [0.15, 0.2) is 24.3 Å². The van der Waals surface area contributed by atoms with E-state index in [0.717, 1.165) is 28.9 Å². The van der Waals surface area contributed by atoms with Crippen LogP contribution >= 0.6 is 0 Å². The number of hydrogen-bond acceptors (Lipinski definition) is 2. The molecule has 21 heavy (non-hydrogen) atoms. The van der Waals surface area contributed by atoms with Gasteiger partial charge in [0, 0.05) is 25.7 Å². The monoisotopic (exact) mass is 305 g/mol. The number of aryl methyl sites for hydroxylation is 1. The summed E-state index contributed by atoms with van der Waals surface area (Å²) in [6, 6.07) is 3.94. The zero-order valence-electron chi connectivity index (χ0n) is 11.0. The van der Waals surface area contributed by atoms with Crippen LogP contribution in [0.3, 0.4) is 0 Å². The third-order valence-corrected chi connectivity index (χ3v) is 2.90. The van der Waals surface area contributed by atoms with Crippen LogP contribution in [0.25, 0.3) is 0 Å². The fourth-order valence-corrected chi connectivity index (χ4v) is 1.81. The van der Waals surface area contributed by atoms with Crippen LogP contribution in [0.2, 0.25) is 0 Å². The van der Waals surface area contributed by atoms with Crippen molar-refractivity contribution in [2.45, 2.75) is 19.3 Å². The molecule has 0 saturated heterocycles. The lowest BCUT2D eigenvalue weighted by Gasteiger charge is -2.06. The Balaban J connectivity index is 2.01. The molecule has 0 atom stereocenters. The average Bonchev–Trinajstić information content (AvgIpc) is 2.75. The maximum atomic E-state index is 13.4. The molecule has 0 aliphatic heterocycles. The second kappa shape index (κ2) is 5.80. The first-order chi connectivity index (χ1) is 9.77. The van der Waals surface area contributed by atoms with Gasteiger partial charge in [-0.1, -0.05) is 0 Å². The molecular formula is C13H12F5N3. The molecule has 0 amide bonds. The zero-order valence-corrected chi connectivity index (χ0v) is 11.0. The van der Waals surface area contributed by atoms with Crippen LogP contribution in [0.1, 0.15) is 17.0 Å². The largest absolute Gasteiger partial charge is 0.435 e. The summed E-state index contributed by atoms with van der Waals surface area (Å²) in [7, 11) is 1.38. The third kappa shape index (κ3) is 3.78. The van der Waals surface area contributed by atoms with E-state index in [-0.39, 0.29) is 18.7 Å². The Morgan fingerprint density at radius 3 is 2.48 bits per heavy atom. The van der Waals surface area contributed by atoms with Crippen LogP contribution in [0.4, 0.5) is 22.0 Å². The number of rotatable bonds is 4. The van der Waals surface area contributed by atoms with Crippen molar-refractivity contribution in [3.05, 3.63) is 52.9 Å². The highest BCUT2D eigenvalue weighted by molar-refractivity contribution is 5.19. The van der Waals surface area contributed by atoms with Gasteiger partial charge in [0.25, 0.3) is 0 Å². The zero-order chi connectivity index (χ0) is 15.6. The summed E-state index contributed by atoms with van der Waals surface area (Å²) in [6.07, 6.45) is -4.51. The van der Waals surface area contributed by atoms with E-state index in [0.29, 0.717) is 5.69 Å². The number of aromatic nitrogens is 2. The molecule has 2 rings (SSSR count). The molecule has 0 saturated carbocycles. The van der Waals surface area contributed by atoms with E-state index in [1.54, 1.807) is 0 Å². The Bertz CT molecular complexity index is 633. The van der Waals surface area contributed by atoms with Crippen molar-refractivity contribution < 1.29 is 22.0 Å². The van der Waals surface area contributed by atoms with Crippen LogP contribution in [-0.2, 0) is 26.3 Å². The van der Waals surface area contributed by atoms with E-state index < -0.39 is 23.5 Å². The normalized spacial score (nSPS) is 11.9. The summed E-state index contributed by atoms with van der Waals surface area (Å²) in [5.74, 6) is -1.15. The summed E-state index contributed by atoms with van der Waals surface area (Å²) in [5, 5.41) is 6.11. The maximum absolute atomic E-state index is 13.4. The standard InChI is InChI=1S/C13H12F5N3/c1-21-10(5-12(20-21)13(16,17)18)7-19-6-8-4-9(14)2-3-11(8)15/h2-5,19H,6-7H2,1H3. The van der Waals surface area contributed by atoms with Crippen LogP contribution < -0.4 is 5.32 Å². The van der Waals surface area contributed by atoms with Crippen LogP contribution in [0, 0.1) is 11.6 Å². The first-order valence-corrected chi connectivity index (χ1v) is 6.02. The van der Waals surface area contributed by atoms with Gasteiger partial charge in [0.1, 0.15) is 11.6 Å². The van der Waals surface area contributed by atoms with Gasteiger partial charge in [-0.25, -0.2) is 8.78 Å². The van der Waals surface area contributed by atoms with Crippen molar-refractivity contribution in [3.63, 3.8) is 0 Å². The summed E-state index contributed by atoms with van der Waals surface area (Å²) in [5.41, 5.74) is -0.592. The Labute approximate surface area is 117 Å². The predicted octanol–water partition coefficient (Wildman–Crippen LogP) is 3.01. The molecule has 0 radical (unpaired) electrons. The van der Waals surface area contributed by atoms with Crippen LogP contribution in [-0.4, -0.2) is 9.78 Å². The highest BCUT2D eigenvalue weighted by atomic mass is 19.4. The summed E-state index contributed by atoms with van der Waals surface area (Å²) in [4.78, 5) is 0. The minimum absolute atomic E-state index is 0.00384. The molecule has 1 heterocycles. The van der Waals surface area contributed by atoms with Crippen molar-refractivity contribution in [2.24, 2.45) is 7.05 Å². The van der Waals surface area contributed by atoms with E-state index >= 15 is 0 Å². The smallest absolute Gasteiger partial charge is 0.307 e. The van der Waals surface area contributed by atoms with Gasteiger partial charge in [-0.2, -0.15) is 18.3 Å². The van der Waals surface area contributed by atoms with Gasteiger partial charge < -0.3 is 5.32 Å². The van der Waals surface area contributed by atoms with Crippen molar-refractivity contribution in [2.75, 3.05) is 0 Å². The second-order valence-electron chi connectivity index (χ2n) is 4.48. The lowest BCUT2D eigenvalue weighted by Crippen LogP contribution is -2.16. The molecule has 8 heteroatoms. The van der Waals surface area contributed by atoms with Gasteiger partial charge in [0.2, 0.25) is 0 Å². The van der Waals surface area contributed by atoms with Crippen molar-refractivity contribution in [1.29, 1.82) is 0 Å². The maximum Gasteiger partial charge on any atom is 0.435 e. The van der Waals surface area contributed by atoms with Crippen molar-refractivity contribution in [3.8, 4) is 0 Å². The van der Waals surface area contributed by atoms with E-state index in [4.69, 9.17) is 0 Å². The Kier molecular flexibility index (Phi) is 4.26. The number of benzene rings is 1. The minimum Gasteiger partial charge on any atom is -0.307 e. The molecular weight excluding hydrogens is 293 g/mol. The van der Waals surface area contributed by atoms with E-state index in [9.17, 15) is 22.0 Å². The summed E-state index contributed by atoms with van der Waals surface area (Å²) >= 11 is 0. The lowest BCUT2D eigenvalue weighted by molar-refractivity contribution is -0.141. The van der Waals surface area contributed by atoms with Gasteiger partial charge in [0.05, 0.1) is 5.69 Å².